The van der Waals surface area contributed by atoms with Gasteiger partial charge in [0.05, 0.1) is 12.2 Å². The summed E-state index contributed by atoms with van der Waals surface area (Å²) in [6, 6.07) is 5.78. The lowest BCUT2D eigenvalue weighted by Gasteiger charge is -2.25. The minimum Gasteiger partial charge on any atom is -0.399 e. The summed E-state index contributed by atoms with van der Waals surface area (Å²) in [6.45, 7) is 5.72. The Labute approximate surface area is 128 Å². The van der Waals surface area contributed by atoms with Crippen LogP contribution in [0.5, 0.6) is 0 Å². The number of nitrogen functional groups attached to an aromatic ring is 1. The maximum Gasteiger partial charge on any atom is 0.238 e. The Balaban J connectivity index is 1.92. The van der Waals surface area contributed by atoms with E-state index in [-0.39, 0.29) is 5.91 Å². The highest BCUT2D eigenvalue weighted by molar-refractivity contribution is 9.10. The first-order valence-corrected chi connectivity index (χ1v) is 7.84. The van der Waals surface area contributed by atoms with Crippen molar-refractivity contribution in [1.29, 1.82) is 0 Å². The fraction of sp³-hybridized carbons (Fsp3) is 0.533. The SMILES string of the molecule is CC(C)N(CC(=O)Nc1ccc(N)cc1Br)CC1CC1. The van der Waals surface area contributed by atoms with E-state index in [1.165, 1.54) is 12.8 Å². The molecule has 1 aromatic carbocycles. The summed E-state index contributed by atoms with van der Waals surface area (Å²) in [5.41, 5.74) is 7.13. The topological polar surface area (TPSA) is 58.4 Å². The van der Waals surface area contributed by atoms with Gasteiger partial charge in [-0.3, -0.25) is 9.69 Å². The van der Waals surface area contributed by atoms with Gasteiger partial charge >= 0.3 is 0 Å². The fourth-order valence-corrected chi connectivity index (χ4v) is 2.59. The number of benzene rings is 1. The van der Waals surface area contributed by atoms with Crippen molar-refractivity contribution in [1.82, 2.24) is 4.90 Å². The van der Waals surface area contributed by atoms with Crippen LogP contribution in [0.1, 0.15) is 26.7 Å². The minimum absolute atomic E-state index is 0.0184. The lowest BCUT2D eigenvalue weighted by Crippen LogP contribution is -2.39. The molecule has 4 nitrogen and oxygen atoms in total. The summed E-state index contributed by atoms with van der Waals surface area (Å²) in [5, 5.41) is 2.93. The van der Waals surface area contributed by atoms with Crippen molar-refractivity contribution in [2.24, 2.45) is 5.92 Å². The molecule has 1 aliphatic carbocycles. The zero-order valence-electron chi connectivity index (χ0n) is 12.0. The predicted molar refractivity (Wildman–Crippen MR) is 86.6 cm³/mol. The second-order valence-corrected chi connectivity index (χ2v) is 6.61. The van der Waals surface area contributed by atoms with Crippen molar-refractivity contribution in [2.75, 3.05) is 24.1 Å². The number of hydrogen-bond donors (Lipinski definition) is 2. The van der Waals surface area contributed by atoms with E-state index in [9.17, 15) is 4.79 Å². The second-order valence-electron chi connectivity index (χ2n) is 5.75. The van der Waals surface area contributed by atoms with E-state index in [0.29, 0.717) is 18.3 Å². The molecule has 1 fully saturated rings. The first-order chi connectivity index (χ1) is 9.45. The summed E-state index contributed by atoms with van der Waals surface area (Å²) in [6.07, 6.45) is 2.60. The third-order valence-corrected chi connectivity index (χ3v) is 4.19. The van der Waals surface area contributed by atoms with Gasteiger partial charge in [0.1, 0.15) is 0 Å². The Kier molecular flexibility index (Phi) is 5.05. The number of nitrogens with two attached hydrogens (primary N) is 1. The van der Waals surface area contributed by atoms with Crippen LogP contribution < -0.4 is 11.1 Å². The highest BCUT2D eigenvalue weighted by Crippen LogP contribution is 2.30. The molecule has 0 unspecified atom stereocenters. The smallest absolute Gasteiger partial charge is 0.238 e. The van der Waals surface area contributed by atoms with Crippen LogP contribution in [0.4, 0.5) is 11.4 Å². The Morgan fingerprint density at radius 1 is 1.50 bits per heavy atom. The summed E-state index contributed by atoms with van der Waals surface area (Å²) in [5.74, 6) is 0.804. The number of hydrogen-bond acceptors (Lipinski definition) is 3. The van der Waals surface area contributed by atoms with Crippen LogP contribution in [-0.4, -0.2) is 29.9 Å². The summed E-state index contributed by atoms with van der Waals surface area (Å²) in [7, 11) is 0. The first-order valence-electron chi connectivity index (χ1n) is 7.04. The van der Waals surface area contributed by atoms with Crippen LogP contribution in [0.25, 0.3) is 0 Å². The van der Waals surface area contributed by atoms with E-state index in [1.54, 1.807) is 12.1 Å². The number of amides is 1. The lowest BCUT2D eigenvalue weighted by molar-refractivity contribution is -0.117. The molecule has 1 aliphatic rings. The second kappa shape index (κ2) is 6.59. The molecule has 5 heteroatoms. The van der Waals surface area contributed by atoms with Crippen molar-refractivity contribution < 1.29 is 4.79 Å². The Morgan fingerprint density at radius 3 is 2.75 bits per heavy atom. The van der Waals surface area contributed by atoms with Gasteiger partial charge in [-0.2, -0.15) is 0 Å². The number of nitrogens with one attached hydrogen (secondary N) is 1. The number of nitrogens with zero attached hydrogens (tertiary/aromatic N) is 1. The van der Waals surface area contributed by atoms with Crippen LogP contribution in [-0.2, 0) is 4.79 Å². The fourth-order valence-electron chi connectivity index (χ4n) is 2.10. The van der Waals surface area contributed by atoms with Gasteiger partial charge in [-0.25, -0.2) is 0 Å². The van der Waals surface area contributed by atoms with E-state index in [2.05, 4.69) is 40.0 Å². The van der Waals surface area contributed by atoms with E-state index < -0.39 is 0 Å². The third-order valence-electron chi connectivity index (χ3n) is 3.53. The molecule has 20 heavy (non-hydrogen) atoms. The van der Waals surface area contributed by atoms with Gasteiger partial charge < -0.3 is 11.1 Å². The molecule has 0 atom stereocenters. The van der Waals surface area contributed by atoms with E-state index in [1.807, 2.05) is 6.07 Å². The lowest BCUT2D eigenvalue weighted by atomic mass is 10.2. The van der Waals surface area contributed by atoms with Crippen LogP contribution in [0, 0.1) is 5.92 Å². The molecule has 0 aromatic heterocycles. The molecule has 0 aliphatic heterocycles. The monoisotopic (exact) mass is 339 g/mol. The molecule has 0 heterocycles. The van der Waals surface area contributed by atoms with Crippen molar-refractivity contribution in [3.8, 4) is 0 Å². The number of halogens is 1. The molecular formula is C15H22BrN3O. The first kappa shape index (κ1) is 15.3. The highest BCUT2D eigenvalue weighted by atomic mass is 79.9. The summed E-state index contributed by atoms with van der Waals surface area (Å²) >= 11 is 3.41. The zero-order chi connectivity index (χ0) is 14.7. The maximum absolute atomic E-state index is 12.2. The standard InChI is InChI=1S/C15H22BrN3O/c1-10(2)19(8-11-3-4-11)9-15(20)18-14-6-5-12(17)7-13(14)16/h5-7,10-11H,3-4,8-9,17H2,1-2H3,(H,18,20). The van der Waals surface area contributed by atoms with Gasteiger partial charge in [-0.05, 0) is 66.7 Å². The van der Waals surface area contributed by atoms with Gasteiger partial charge in [0, 0.05) is 22.7 Å². The van der Waals surface area contributed by atoms with Crippen LogP contribution in [0.2, 0.25) is 0 Å². The summed E-state index contributed by atoms with van der Waals surface area (Å²) in [4.78, 5) is 14.4. The molecule has 0 bridgehead atoms. The molecule has 110 valence electrons. The van der Waals surface area contributed by atoms with Crippen molar-refractivity contribution in [3.63, 3.8) is 0 Å². The van der Waals surface area contributed by atoms with Gasteiger partial charge in [0.25, 0.3) is 0 Å². The summed E-state index contributed by atoms with van der Waals surface area (Å²) < 4.78 is 0.809. The highest BCUT2D eigenvalue weighted by Gasteiger charge is 2.26. The molecular weight excluding hydrogens is 318 g/mol. The van der Waals surface area contributed by atoms with E-state index >= 15 is 0 Å². The molecule has 0 radical (unpaired) electrons. The van der Waals surface area contributed by atoms with E-state index in [0.717, 1.165) is 22.6 Å². The number of carbonyl (C=O) groups excluding carboxylic acids is 1. The molecule has 3 N–H and O–H groups in total. The van der Waals surface area contributed by atoms with E-state index in [4.69, 9.17) is 5.73 Å². The number of rotatable bonds is 6. The average molecular weight is 340 g/mol. The van der Waals surface area contributed by atoms with Crippen molar-refractivity contribution >= 4 is 33.2 Å². The Bertz CT molecular complexity index is 486. The van der Waals surface area contributed by atoms with Crippen LogP contribution in [0.15, 0.2) is 22.7 Å². The van der Waals surface area contributed by atoms with Gasteiger partial charge in [-0.1, -0.05) is 0 Å². The van der Waals surface area contributed by atoms with Gasteiger partial charge in [0.15, 0.2) is 0 Å². The normalized spacial score (nSPS) is 14.8. The average Bonchev–Trinajstić information content (AvgIpc) is 3.16. The molecule has 1 aromatic rings. The van der Waals surface area contributed by atoms with Crippen LogP contribution in [0.3, 0.4) is 0 Å². The quantitative estimate of drug-likeness (QED) is 0.783. The van der Waals surface area contributed by atoms with Crippen molar-refractivity contribution in [3.05, 3.63) is 22.7 Å². The predicted octanol–water partition coefficient (Wildman–Crippen LogP) is 3.09. The minimum atomic E-state index is 0.0184. The molecule has 0 spiro atoms. The third kappa shape index (κ3) is 4.49. The van der Waals surface area contributed by atoms with Gasteiger partial charge in [-0.15, -0.1) is 0 Å². The molecule has 0 saturated heterocycles. The largest absolute Gasteiger partial charge is 0.399 e. The zero-order valence-corrected chi connectivity index (χ0v) is 13.6. The van der Waals surface area contributed by atoms with Crippen LogP contribution >= 0.6 is 15.9 Å². The maximum atomic E-state index is 12.2. The Morgan fingerprint density at radius 2 is 2.20 bits per heavy atom. The molecule has 1 amide bonds. The molecule has 1 saturated carbocycles. The van der Waals surface area contributed by atoms with Crippen molar-refractivity contribution in [2.45, 2.75) is 32.7 Å². The number of carbonyl (C=O) groups is 1. The van der Waals surface area contributed by atoms with Gasteiger partial charge in [0.2, 0.25) is 5.91 Å². The molecule has 2 rings (SSSR count). The number of anilines is 2. The Hall–Kier alpha value is -1.07.